The van der Waals surface area contributed by atoms with Crippen LogP contribution in [0.3, 0.4) is 0 Å². The van der Waals surface area contributed by atoms with Gasteiger partial charge in [-0.25, -0.2) is 4.68 Å². The number of rotatable bonds is 6. The van der Waals surface area contributed by atoms with Crippen LogP contribution in [0.25, 0.3) is 0 Å². The van der Waals surface area contributed by atoms with Gasteiger partial charge in [-0.15, -0.1) is 0 Å². The molecule has 0 radical (unpaired) electrons. The van der Waals surface area contributed by atoms with Gasteiger partial charge in [0, 0.05) is 68.7 Å². The average Bonchev–Trinajstić information content (AvgIpc) is 3.35. The van der Waals surface area contributed by atoms with Crippen LogP contribution >= 0.6 is 0 Å². The van der Waals surface area contributed by atoms with Crippen molar-refractivity contribution in [3.8, 4) is 0 Å². The van der Waals surface area contributed by atoms with Gasteiger partial charge in [0.05, 0.1) is 12.7 Å². The van der Waals surface area contributed by atoms with Crippen LogP contribution in [0.15, 0.2) is 29.3 Å². The van der Waals surface area contributed by atoms with E-state index in [1.165, 1.54) is 24.1 Å². The molecule has 24 heavy (non-hydrogen) atoms. The fourth-order valence-corrected chi connectivity index (χ4v) is 3.38. The van der Waals surface area contributed by atoms with Gasteiger partial charge in [-0.3, -0.25) is 19.7 Å². The van der Waals surface area contributed by atoms with Gasteiger partial charge in [-0.05, 0) is 18.9 Å². The van der Waals surface area contributed by atoms with Crippen molar-refractivity contribution in [2.45, 2.75) is 31.8 Å². The van der Waals surface area contributed by atoms with Crippen LogP contribution < -0.4 is 5.56 Å². The third kappa shape index (κ3) is 3.57. The molecule has 128 valence electrons. The van der Waals surface area contributed by atoms with Crippen LogP contribution in [0.4, 0.5) is 0 Å². The standard InChI is InChI=1S/C17H24N6O/c24-16-2-1-5-19-23(16)11-10-21-6-8-22(9-7-21)13-15-12-18-20-17(15)14-3-4-14/h1-2,5,12,14H,3-4,6-11,13H2,(H,18,20). The quantitative estimate of drug-likeness (QED) is 0.844. The molecule has 1 saturated carbocycles. The van der Waals surface area contributed by atoms with Gasteiger partial charge in [0.1, 0.15) is 0 Å². The minimum atomic E-state index is -0.0244. The lowest BCUT2D eigenvalue weighted by atomic mass is 10.1. The van der Waals surface area contributed by atoms with Gasteiger partial charge in [0.2, 0.25) is 0 Å². The normalized spacial score (nSPS) is 19.7. The molecule has 1 saturated heterocycles. The molecule has 0 aromatic carbocycles. The zero-order chi connectivity index (χ0) is 16.4. The van der Waals surface area contributed by atoms with E-state index in [1.807, 2.05) is 6.20 Å². The molecule has 7 nitrogen and oxygen atoms in total. The molecule has 2 aliphatic rings. The van der Waals surface area contributed by atoms with Crippen molar-refractivity contribution in [3.05, 3.63) is 46.1 Å². The fraction of sp³-hybridized carbons (Fsp3) is 0.588. The minimum Gasteiger partial charge on any atom is -0.299 e. The molecule has 2 aromatic heterocycles. The summed E-state index contributed by atoms with van der Waals surface area (Å²) in [5, 5.41) is 11.5. The van der Waals surface area contributed by atoms with Gasteiger partial charge in [-0.2, -0.15) is 10.2 Å². The number of aromatic nitrogens is 4. The lowest BCUT2D eigenvalue weighted by Gasteiger charge is -2.34. The van der Waals surface area contributed by atoms with Crippen molar-refractivity contribution >= 4 is 0 Å². The first kappa shape index (κ1) is 15.5. The highest BCUT2D eigenvalue weighted by Crippen LogP contribution is 2.40. The zero-order valence-electron chi connectivity index (χ0n) is 13.9. The molecule has 0 unspecified atom stereocenters. The highest BCUT2D eigenvalue weighted by atomic mass is 16.1. The first-order valence-corrected chi connectivity index (χ1v) is 8.78. The van der Waals surface area contributed by atoms with Crippen LogP contribution in [0, 0.1) is 0 Å². The lowest BCUT2D eigenvalue weighted by molar-refractivity contribution is 0.122. The number of hydrogen-bond donors (Lipinski definition) is 1. The Bertz CT molecular complexity index is 726. The highest BCUT2D eigenvalue weighted by Gasteiger charge is 2.28. The highest BCUT2D eigenvalue weighted by molar-refractivity contribution is 5.24. The summed E-state index contributed by atoms with van der Waals surface area (Å²) >= 11 is 0. The van der Waals surface area contributed by atoms with Crippen molar-refractivity contribution in [2.24, 2.45) is 0 Å². The maximum Gasteiger partial charge on any atom is 0.266 e. The Labute approximate surface area is 141 Å². The third-order valence-corrected chi connectivity index (χ3v) is 5.01. The predicted molar refractivity (Wildman–Crippen MR) is 90.8 cm³/mol. The van der Waals surface area contributed by atoms with Gasteiger partial charge in [-0.1, -0.05) is 0 Å². The third-order valence-electron chi connectivity index (χ3n) is 5.01. The molecule has 1 aliphatic carbocycles. The molecule has 1 aliphatic heterocycles. The van der Waals surface area contributed by atoms with E-state index in [-0.39, 0.29) is 5.56 Å². The van der Waals surface area contributed by atoms with Crippen molar-refractivity contribution in [3.63, 3.8) is 0 Å². The van der Waals surface area contributed by atoms with Crippen molar-refractivity contribution in [2.75, 3.05) is 32.7 Å². The Balaban J connectivity index is 1.25. The second-order valence-corrected chi connectivity index (χ2v) is 6.79. The summed E-state index contributed by atoms with van der Waals surface area (Å²) in [5.74, 6) is 0.723. The van der Waals surface area contributed by atoms with Crippen molar-refractivity contribution in [1.82, 2.24) is 29.8 Å². The fourth-order valence-electron chi connectivity index (χ4n) is 3.38. The zero-order valence-corrected chi connectivity index (χ0v) is 13.9. The molecule has 0 atom stereocenters. The van der Waals surface area contributed by atoms with E-state index in [1.54, 1.807) is 23.0 Å². The van der Waals surface area contributed by atoms with E-state index >= 15 is 0 Å². The molecule has 2 fully saturated rings. The van der Waals surface area contributed by atoms with Crippen LogP contribution in [0.1, 0.15) is 30.0 Å². The Morgan fingerprint density at radius 3 is 2.67 bits per heavy atom. The first-order valence-electron chi connectivity index (χ1n) is 8.78. The van der Waals surface area contributed by atoms with Gasteiger partial charge in [0.25, 0.3) is 5.56 Å². The Hall–Kier alpha value is -1.99. The monoisotopic (exact) mass is 328 g/mol. The predicted octanol–water partition coefficient (Wildman–Crippen LogP) is 0.662. The minimum absolute atomic E-state index is 0.0244. The number of nitrogens with one attached hydrogen (secondary N) is 1. The van der Waals surface area contributed by atoms with Crippen LogP contribution in [-0.2, 0) is 13.1 Å². The van der Waals surface area contributed by atoms with E-state index in [2.05, 4.69) is 25.1 Å². The van der Waals surface area contributed by atoms with E-state index in [4.69, 9.17) is 0 Å². The number of aromatic amines is 1. The SMILES string of the molecule is O=c1cccnn1CCN1CCN(Cc2cn[nH]c2C2CC2)CC1. The molecule has 0 amide bonds. The second kappa shape index (κ2) is 6.86. The molecular formula is C17H24N6O. The largest absolute Gasteiger partial charge is 0.299 e. The van der Waals surface area contributed by atoms with E-state index in [0.29, 0.717) is 6.54 Å². The van der Waals surface area contributed by atoms with Crippen molar-refractivity contribution < 1.29 is 0 Å². The summed E-state index contributed by atoms with van der Waals surface area (Å²) in [6, 6.07) is 3.25. The number of nitrogens with zero attached hydrogens (tertiary/aromatic N) is 5. The van der Waals surface area contributed by atoms with E-state index in [9.17, 15) is 4.79 Å². The first-order chi connectivity index (χ1) is 11.8. The molecule has 2 aromatic rings. The Morgan fingerprint density at radius 2 is 1.92 bits per heavy atom. The molecule has 3 heterocycles. The molecule has 4 rings (SSSR count). The van der Waals surface area contributed by atoms with Crippen LogP contribution in [-0.4, -0.2) is 62.5 Å². The Morgan fingerprint density at radius 1 is 1.12 bits per heavy atom. The van der Waals surface area contributed by atoms with Gasteiger partial charge >= 0.3 is 0 Å². The van der Waals surface area contributed by atoms with Crippen LogP contribution in [0.5, 0.6) is 0 Å². The number of hydrogen-bond acceptors (Lipinski definition) is 5. The average molecular weight is 328 g/mol. The Kier molecular flexibility index (Phi) is 4.44. The summed E-state index contributed by atoms with van der Waals surface area (Å²) in [6.07, 6.45) is 6.26. The van der Waals surface area contributed by atoms with Crippen LogP contribution in [0.2, 0.25) is 0 Å². The number of H-pyrrole nitrogens is 1. The summed E-state index contributed by atoms with van der Waals surface area (Å²) in [6.45, 7) is 6.74. The molecular weight excluding hydrogens is 304 g/mol. The molecule has 1 N–H and O–H groups in total. The maximum atomic E-state index is 11.7. The summed E-state index contributed by atoms with van der Waals surface area (Å²) in [5.41, 5.74) is 2.70. The van der Waals surface area contributed by atoms with Gasteiger partial charge < -0.3 is 0 Å². The summed E-state index contributed by atoms with van der Waals surface area (Å²) in [7, 11) is 0. The second-order valence-electron chi connectivity index (χ2n) is 6.79. The van der Waals surface area contributed by atoms with Crippen molar-refractivity contribution in [1.29, 1.82) is 0 Å². The smallest absolute Gasteiger partial charge is 0.266 e. The van der Waals surface area contributed by atoms with E-state index in [0.717, 1.165) is 45.2 Å². The maximum absolute atomic E-state index is 11.7. The summed E-state index contributed by atoms with van der Waals surface area (Å²) in [4.78, 5) is 16.6. The molecule has 7 heteroatoms. The lowest BCUT2D eigenvalue weighted by Crippen LogP contribution is -2.47. The topological polar surface area (TPSA) is 70.1 Å². The van der Waals surface area contributed by atoms with Gasteiger partial charge in [0.15, 0.2) is 0 Å². The molecule has 0 spiro atoms. The number of piperazine rings is 1. The molecule has 0 bridgehead atoms. The summed E-state index contributed by atoms with van der Waals surface area (Å²) < 4.78 is 1.54. The van der Waals surface area contributed by atoms with E-state index < -0.39 is 0 Å².